The fourth-order valence-electron chi connectivity index (χ4n) is 2.86. The summed E-state index contributed by atoms with van der Waals surface area (Å²) in [7, 11) is 3.12. The van der Waals surface area contributed by atoms with E-state index in [1.165, 1.54) is 0 Å². The Kier molecular flexibility index (Phi) is 7.90. The molecule has 0 spiro atoms. The van der Waals surface area contributed by atoms with E-state index in [1.54, 1.807) is 32.6 Å². The summed E-state index contributed by atoms with van der Waals surface area (Å²) in [5.41, 5.74) is 5.03. The fourth-order valence-corrected chi connectivity index (χ4v) is 3.05. The second-order valence-electron chi connectivity index (χ2n) is 6.61. The Morgan fingerprint density at radius 1 is 1.00 bits per heavy atom. The Hall–Kier alpha value is -3.51. The van der Waals surface area contributed by atoms with Crippen LogP contribution in [0, 0.1) is 0 Å². The minimum atomic E-state index is -0.241. The topological polar surface area (TPSA) is 69.2 Å². The first-order chi connectivity index (χ1) is 15.1. The van der Waals surface area contributed by atoms with Gasteiger partial charge in [-0.05, 0) is 41.5 Å². The summed E-state index contributed by atoms with van der Waals surface area (Å²) >= 11 is 6.16. The Labute approximate surface area is 186 Å². The van der Waals surface area contributed by atoms with Crippen LogP contribution in [0.2, 0.25) is 5.02 Å². The number of amides is 1. The number of ether oxygens (including phenoxy) is 3. The maximum Gasteiger partial charge on any atom is 0.244 e. The molecule has 160 valence electrons. The molecule has 3 aromatic carbocycles. The number of rotatable bonds is 9. The molecule has 7 heteroatoms. The minimum Gasteiger partial charge on any atom is -0.493 e. The van der Waals surface area contributed by atoms with Crippen molar-refractivity contribution in [1.29, 1.82) is 0 Å². The number of benzene rings is 3. The number of nitrogens with one attached hydrogen (secondary N) is 1. The van der Waals surface area contributed by atoms with Gasteiger partial charge in [0.15, 0.2) is 11.5 Å². The quantitative estimate of drug-likeness (QED) is 0.390. The molecule has 0 atom stereocenters. The molecule has 1 amide bonds. The molecule has 1 N–H and O–H groups in total. The van der Waals surface area contributed by atoms with Crippen molar-refractivity contribution in [1.82, 2.24) is 5.43 Å². The highest BCUT2D eigenvalue weighted by Gasteiger charge is 2.08. The van der Waals surface area contributed by atoms with Crippen molar-refractivity contribution in [2.45, 2.75) is 13.0 Å². The van der Waals surface area contributed by atoms with Crippen LogP contribution in [0.25, 0.3) is 0 Å². The van der Waals surface area contributed by atoms with Gasteiger partial charge in [-0.15, -0.1) is 0 Å². The third kappa shape index (κ3) is 6.49. The normalized spacial score (nSPS) is 10.7. The molecule has 0 fully saturated rings. The van der Waals surface area contributed by atoms with Gasteiger partial charge in [0.05, 0.1) is 26.9 Å². The molecule has 0 saturated heterocycles. The largest absolute Gasteiger partial charge is 0.493 e. The lowest BCUT2D eigenvalue weighted by molar-refractivity contribution is -0.120. The molecule has 0 aliphatic heterocycles. The van der Waals surface area contributed by atoms with Crippen molar-refractivity contribution >= 4 is 23.7 Å². The van der Waals surface area contributed by atoms with Gasteiger partial charge < -0.3 is 14.2 Å². The molecule has 0 saturated carbocycles. The average Bonchev–Trinajstić information content (AvgIpc) is 2.78. The highest BCUT2D eigenvalue weighted by Crippen LogP contribution is 2.27. The van der Waals surface area contributed by atoms with Crippen LogP contribution in [0.15, 0.2) is 71.8 Å². The van der Waals surface area contributed by atoms with Crippen LogP contribution in [0.5, 0.6) is 17.2 Å². The molecule has 0 radical (unpaired) electrons. The van der Waals surface area contributed by atoms with Crippen LogP contribution < -0.4 is 19.6 Å². The van der Waals surface area contributed by atoms with Gasteiger partial charge in [0.1, 0.15) is 12.4 Å². The molecule has 0 heterocycles. The predicted octanol–water partition coefficient (Wildman–Crippen LogP) is 4.63. The molecule has 6 nitrogen and oxygen atoms in total. The highest BCUT2D eigenvalue weighted by molar-refractivity contribution is 6.31. The maximum absolute atomic E-state index is 12.2. The first kappa shape index (κ1) is 22.2. The van der Waals surface area contributed by atoms with Crippen molar-refractivity contribution in [3.63, 3.8) is 0 Å². The van der Waals surface area contributed by atoms with E-state index < -0.39 is 0 Å². The van der Waals surface area contributed by atoms with Gasteiger partial charge in [0.25, 0.3) is 0 Å². The van der Waals surface area contributed by atoms with Crippen LogP contribution >= 0.6 is 11.6 Å². The summed E-state index contributed by atoms with van der Waals surface area (Å²) in [6.45, 7) is 0.363. The first-order valence-corrected chi connectivity index (χ1v) is 9.96. The van der Waals surface area contributed by atoms with Gasteiger partial charge in [-0.25, -0.2) is 5.43 Å². The van der Waals surface area contributed by atoms with Crippen LogP contribution in [-0.4, -0.2) is 26.3 Å². The van der Waals surface area contributed by atoms with Crippen molar-refractivity contribution in [3.8, 4) is 17.2 Å². The lowest BCUT2D eigenvalue weighted by Crippen LogP contribution is -2.19. The van der Waals surface area contributed by atoms with Gasteiger partial charge in [0.2, 0.25) is 5.91 Å². The lowest BCUT2D eigenvalue weighted by atomic mass is 10.1. The molecule has 0 unspecified atom stereocenters. The van der Waals surface area contributed by atoms with E-state index in [2.05, 4.69) is 10.5 Å². The van der Waals surface area contributed by atoms with Gasteiger partial charge >= 0.3 is 0 Å². The van der Waals surface area contributed by atoms with Crippen molar-refractivity contribution in [2.75, 3.05) is 14.2 Å². The zero-order chi connectivity index (χ0) is 22.1. The van der Waals surface area contributed by atoms with E-state index in [0.717, 1.165) is 16.7 Å². The number of carbonyl (C=O) groups is 1. The number of halogens is 1. The Morgan fingerprint density at radius 3 is 2.58 bits per heavy atom. The summed E-state index contributed by atoms with van der Waals surface area (Å²) in [5.74, 6) is 1.63. The number of hydrogen-bond acceptors (Lipinski definition) is 5. The molecule has 31 heavy (non-hydrogen) atoms. The Bertz CT molecular complexity index is 1070. The summed E-state index contributed by atoms with van der Waals surface area (Å²) in [6, 6.07) is 20.3. The SMILES string of the molecule is COc1ccc(CC(=O)N/N=C\c2cccc(OCc3ccccc3Cl)c2)cc1OC. The Morgan fingerprint density at radius 2 is 1.81 bits per heavy atom. The van der Waals surface area contributed by atoms with Gasteiger partial charge in [0, 0.05) is 10.6 Å². The van der Waals surface area contributed by atoms with Crippen LogP contribution in [0.3, 0.4) is 0 Å². The third-order valence-corrected chi connectivity index (χ3v) is 4.79. The standard InChI is InChI=1S/C24H23ClN2O4/c1-29-22-11-10-17(13-23(22)30-2)14-24(28)27-26-15-18-6-5-8-20(12-18)31-16-19-7-3-4-9-21(19)25/h3-13,15H,14,16H2,1-2H3,(H,27,28)/b26-15-. The number of hydrazone groups is 1. The number of methoxy groups -OCH3 is 2. The monoisotopic (exact) mass is 438 g/mol. The smallest absolute Gasteiger partial charge is 0.244 e. The number of hydrogen-bond donors (Lipinski definition) is 1. The lowest BCUT2D eigenvalue weighted by Gasteiger charge is -2.09. The number of carbonyl (C=O) groups excluding carboxylic acids is 1. The van der Waals surface area contributed by atoms with Gasteiger partial charge in [-0.1, -0.05) is 48.0 Å². The summed E-state index contributed by atoms with van der Waals surface area (Å²) < 4.78 is 16.3. The minimum absolute atomic E-state index is 0.165. The molecular weight excluding hydrogens is 416 g/mol. The van der Waals surface area contributed by atoms with Crippen molar-refractivity contribution < 1.29 is 19.0 Å². The van der Waals surface area contributed by atoms with E-state index >= 15 is 0 Å². The van der Waals surface area contributed by atoms with Gasteiger partial charge in [-0.3, -0.25) is 4.79 Å². The predicted molar refractivity (Wildman–Crippen MR) is 121 cm³/mol. The number of nitrogens with zero attached hydrogens (tertiary/aromatic N) is 1. The third-order valence-electron chi connectivity index (χ3n) is 4.43. The van der Waals surface area contributed by atoms with Gasteiger partial charge in [-0.2, -0.15) is 5.10 Å². The summed E-state index contributed by atoms with van der Waals surface area (Å²) in [4.78, 5) is 12.2. The molecule has 3 rings (SSSR count). The Balaban J connectivity index is 1.54. The van der Waals surface area contributed by atoms with E-state index in [9.17, 15) is 4.79 Å². The van der Waals surface area contributed by atoms with E-state index in [1.807, 2.05) is 54.6 Å². The molecule has 0 aromatic heterocycles. The van der Waals surface area contributed by atoms with Crippen LogP contribution in [-0.2, 0) is 17.8 Å². The van der Waals surface area contributed by atoms with Crippen LogP contribution in [0.1, 0.15) is 16.7 Å². The molecule has 0 bridgehead atoms. The maximum atomic E-state index is 12.2. The molecule has 3 aromatic rings. The van der Waals surface area contributed by atoms with Crippen molar-refractivity contribution in [2.24, 2.45) is 5.10 Å². The average molecular weight is 439 g/mol. The molecule has 0 aliphatic rings. The second-order valence-corrected chi connectivity index (χ2v) is 7.02. The second kappa shape index (κ2) is 11.0. The van der Waals surface area contributed by atoms with E-state index in [0.29, 0.717) is 28.9 Å². The first-order valence-electron chi connectivity index (χ1n) is 9.58. The molecule has 0 aliphatic carbocycles. The van der Waals surface area contributed by atoms with Crippen LogP contribution in [0.4, 0.5) is 0 Å². The zero-order valence-corrected chi connectivity index (χ0v) is 18.1. The summed E-state index contributed by atoms with van der Waals surface area (Å²) in [5, 5.41) is 4.69. The van der Waals surface area contributed by atoms with Crippen molar-refractivity contribution in [3.05, 3.63) is 88.4 Å². The molecular formula is C24H23ClN2O4. The summed E-state index contributed by atoms with van der Waals surface area (Å²) in [6.07, 6.45) is 1.73. The fraction of sp³-hybridized carbons (Fsp3) is 0.167. The van der Waals surface area contributed by atoms with E-state index in [-0.39, 0.29) is 12.3 Å². The highest BCUT2D eigenvalue weighted by atomic mass is 35.5. The van der Waals surface area contributed by atoms with E-state index in [4.69, 9.17) is 25.8 Å². The zero-order valence-electron chi connectivity index (χ0n) is 17.3.